The van der Waals surface area contributed by atoms with E-state index in [4.69, 9.17) is 14.5 Å². The molecule has 2 aliphatic rings. The summed E-state index contributed by atoms with van der Waals surface area (Å²) in [5.41, 5.74) is 0. The molecule has 0 bridgehead atoms. The molecule has 1 aliphatic heterocycles. The van der Waals surface area contributed by atoms with E-state index in [0.717, 1.165) is 50.6 Å². The lowest BCUT2D eigenvalue weighted by atomic mass is 9.81. The van der Waals surface area contributed by atoms with Crippen LogP contribution in [0.5, 0.6) is 0 Å². The first kappa shape index (κ1) is 20.5. The number of guanidine groups is 1. The first-order valence-electron chi connectivity index (χ1n) is 10.4. The molecule has 1 aliphatic carbocycles. The average Bonchev–Trinajstić information content (AvgIpc) is 3.11. The quantitative estimate of drug-likeness (QED) is 0.393. The van der Waals surface area contributed by atoms with Crippen LogP contribution in [0.2, 0.25) is 0 Å². The van der Waals surface area contributed by atoms with E-state index in [9.17, 15) is 0 Å². The van der Waals surface area contributed by atoms with Gasteiger partial charge in [0.2, 0.25) is 0 Å². The van der Waals surface area contributed by atoms with Gasteiger partial charge in [0, 0.05) is 39.2 Å². The molecule has 5 heteroatoms. The molecule has 2 rings (SSSR count). The predicted octanol–water partition coefficient (Wildman–Crippen LogP) is 3.15. The van der Waals surface area contributed by atoms with E-state index in [2.05, 4.69) is 24.1 Å². The Hall–Kier alpha value is -0.810. The van der Waals surface area contributed by atoms with Crippen molar-refractivity contribution in [2.75, 3.05) is 53.1 Å². The third kappa shape index (κ3) is 7.14. The monoisotopic (exact) mass is 353 g/mol. The van der Waals surface area contributed by atoms with Gasteiger partial charge in [0.1, 0.15) is 0 Å². The van der Waals surface area contributed by atoms with Crippen LogP contribution in [0.15, 0.2) is 4.99 Å². The van der Waals surface area contributed by atoms with E-state index in [1.165, 1.54) is 38.5 Å². The van der Waals surface area contributed by atoms with Gasteiger partial charge in [0.25, 0.3) is 0 Å². The SMILES string of the molecule is CCNC(=NCC1CCC(CC)CC1)N1CCC(COCCOC)C1. The van der Waals surface area contributed by atoms with Crippen molar-refractivity contribution in [2.45, 2.75) is 52.4 Å². The highest BCUT2D eigenvalue weighted by molar-refractivity contribution is 5.80. The van der Waals surface area contributed by atoms with E-state index < -0.39 is 0 Å². The lowest BCUT2D eigenvalue weighted by molar-refractivity contribution is 0.0536. The summed E-state index contributed by atoms with van der Waals surface area (Å²) in [7, 11) is 1.72. The van der Waals surface area contributed by atoms with Crippen LogP contribution >= 0.6 is 0 Å². The molecular formula is C20H39N3O2. The molecule has 1 saturated carbocycles. The minimum Gasteiger partial charge on any atom is -0.382 e. The predicted molar refractivity (Wildman–Crippen MR) is 104 cm³/mol. The Bertz CT molecular complexity index is 381. The fourth-order valence-corrected chi connectivity index (χ4v) is 4.02. The van der Waals surface area contributed by atoms with Gasteiger partial charge in [-0.15, -0.1) is 0 Å². The van der Waals surface area contributed by atoms with Gasteiger partial charge in [0.05, 0.1) is 19.8 Å². The minimum atomic E-state index is 0.612. The molecule has 1 unspecified atom stereocenters. The van der Waals surface area contributed by atoms with Crippen LogP contribution in [0, 0.1) is 17.8 Å². The second-order valence-electron chi connectivity index (χ2n) is 7.66. The Morgan fingerprint density at radius 2 is 1.80 bits per heavy atom. The zero-order valence-corrected chi connectivity index (χ0v) is 16.6. The average molecular weight is 354 g/mol. The molecule has 1 N–H and O–H groups in total. The summed E-state index contributed by atoms with van der Waals surface area (Å²) >= 11 is 0. The van der Waals surface area contributed by atoms with Gasteiger partial charge in [-0.2, -0.15) is 0 Å². The van der Waals surface area contributed by atoms with E-state index in [1.807, 2.05) is 0 Å². The van der Waals surface area contributed by atoms with Gasteiger partial charge in [0.15, 0.2) is 5.96 Å². The highest BCUT2D eigenvalue weighted by Crippen LogP contribution is 2.30. The maximum atomic E-state index is 5.71. The second kappa shape index (κ2) is 11.7. The second-order valence-corrected chi connectivity index (χ2v) is 7.66. The van der Waals surface area contributed by atoms with Crippen molar-refractivity contribution in [2.24, 2.45) is 22.7 Å². The van der Waals surface area contributed by atoms with Crippen LogP contribution < -0.4 is 5.32 Å². The first-order chi connectivity index (χ1) is 12.3. The number of hydrogen-bond donors (Lipinski definition) is 1. The summed E-state index contributed by atoms with van der Waals surface area (Å²) in [5.74, 6) is 3.47. The summed E-state index contributed by atoms with van der Waals surface area (Å²) in [6, 6.07) is 0. The number of rotatable bonds is 9. The summed E-state index contributed by atoms with van der Waals surface area (Å²) < 4.78 is 10.7. The largest absolute Gasteiger partial charge is 0.382 e. The van der Waals surface area contributed by atoms with Crippen molar-refractivity contribution in [3.8, 4) is 0 Å². The number of aliphatic imine (C=N–C) groups is 1. The fraction of sp³-hybridized carbons (Fsp3) is 0.950. The van der Waals surface area contributed by atoms with Gasteiger partial charge < -0.3 is 19.7 Å². The molecule has 0 spiro atoms. The molecule has 1 atom stereocenters. The van der Waals surface area contributed by atoms with Crippen LogP contribution in [-0.2, 0) is 9.47 Å². The molecule has 146 valence electrons. The van der Waals surface area contributed by atoms with Gasteiger partial charge in [-0.25, -0.2) is 0 Å². The number of nitrogens with zero attached hydrogens (tertiary/aromatic N) is 2. The summed E-state index contributed by atoms with van der Waals surface area (Å²) in [6.45, 7) is 10.8. The maximum absolute atomic E-state index is 5.71. The number of hydrogen-bond acceptors (Lipinski definition) is 3. The molecular weight excluding hydrogens is 314 g/mol. The zero-order valence-electron chi connectivity index (χ0n) is 16.6. The standard InChI is InChI=1S/C20H39N3O2/c1-4-17-6-8-18(9-7-17)14-22-20(21-5-2)23-11-10-19(15-23)16-25-13-12-24-3/h17-19H,4-16H2,1-3H3,(H,21,22). The lowest BCUT2D eigenvalue weighted by Crippen LogP contribution is -2.40. The zero-order chi connectivity index (χ0) is 17.9. The number of ether oxygens (including phenoxy) is 2. The number of likely N-dealkylation sites (tertiary alicyclic amines) is 1. The van der Waals surface area contributed by atoms with E-state index in [1.54, 1.807) is 7.11 Å². The highest BCUT2D eigenvalue weighted by atomic mass is 16.5. The summed E-state index contributed by atoms with van der Waals surface area (Å²) in [4.78, 5) is 7.41. The molecule has 2 fully saturated rings. The Labute approximate surface area is 154 Å². The number of nitrogens with one attached hydrogen (secondary N) is 1. The molecule has 25 heavy (non-hydrogen) atoms. The van der Waals surface area contributed by atoms with Gasteiger partial charge in [-0.05, 0) is 38.0 Å². The molecule has 0 amide bonds. The summed E-state index contributed by atoms with van der Waals surface area (Å²) in [5, 5.41) is 3.50. The molecule has 0 aromatic heterocycles. The fourth-order valence-electron chi connectivity index (χ4n) is 4.02. The Kier molecular flexibility index (Phi) is 9.63. The maximum Gasteiger partial charge on any atom is 0.193 e. The van der Waals surface area contributed by atoms with Crippen LogP contribution in [0.3, 0.4) is 0 Å². The van der Waals surface area contributed by atoms with Crippen LogP contribution in [-0.4, -0.2) is 64.0 Å². The van der Waals surface area contributed by atoms with E-state index >= 15 is 0 Å². The number of methoxy groups -OCH3 is 1. The topological polar surface area (TPSA) is 46.1 Å². The summed E-state index contributed by atoms with van der Waals surface area (Å²) in [6.07, 6.45) is 8.06. The van der Waals surface area contributed by atoms with Crippen molar-refractivity contribution in [1.82, 2.24) is 10.2 Å². The lowest BCUT2D eigenvalue weighted by Gasteiger charge is -2.27. The van der Waals surface area contributed by atoms with E-state index in [-0.39, 0.29) is 0 Å². The Morgan fingerprint density at radius 1 is 1.04 bits per heavy atom. The smallest absolute Gasteiger partial charge is 0.193 e. The molecule has 1 saturated heterocycles. The Morgan fingerprint density at radius 3 is 2.48 bits per heavy atom. The molecule has 1 heterocycles. The van der Waals surface area contributed by atoms with Crippen LogP contribution in [0.4, 0.5) is 0 Å². The normalized spacial score (nSPS) is 27.7. The molecule has 5 nitrogen and oxygen atoms in total. The van der Waals surface area contributed by atoms with Crippen LogP contribution in [0.25, 0.3) is 0 Å². The third-order valence-corrected chi connectivity index (χ3v) is 5.75. The van der Waals surface area contributed by atoms with Crippen molar-refractivity contribution in [1.29, 1.82) is 0 Å². The van der Waals surface area contributed by atoms with Crippen molar-refractivity contribution in [3.05, 3.63) is 0 Å². The van der Waals surface area contributed by atoms with Gasteiger partial charge in [-0.3, -0.25) is 4.99 Å². The van der Waals surface area contributed by atoms with Crippen molar-refractivity contribution in [3.63, 3.8) is 0 Å². The highest BCUT2D eigenvalue weighted by Gasteiger charge is 2.25. The van der Waals surface area contributed by atoms with E-state index in [0.29, 0.717) is 19.1 Å². The van der Waals surface area contributed by atoms with Crippen LogP contribution in [0.1, 0.15) is 52.4 Å². The van der Waals surface area contributed by atoms with Gasteiger partial charge in [-0.1, -0.05) is 26.2 Å². The van der Waals surface area contributed by atoms with Crippen molar-refractivity contribution < 1.29 is 9.47 Å². The third-order valence-electron chi connectivity index (χ3n) is 5.75. The first-order valence-corrected chi connectivity index (χ1v) is 10.4. The molecule has 0 aromatic carbocycles. The molecule has 0 aromatic rings. The van der Waals surface area contributed by atoms with Crippen molar-refractivity contribution >= 4 is 5.96 Å². The minimum absolute atomic E-state index is 0.612. The molecule has 0 radical (unpaired) electrons. The van der Waals surface area contributed by atoms with Gasteiger partial charge >= 0.3 is 0 Å². The Balaban J connectivity index is 1.75.